The molecule has 5 nitrogen and oxygen atoms in total. The lowest BCUT2D eigenvalue weighted by Crippen LogP contribution is -2.20. The van der Waals surface area contributed by atoms with Gasteiger partial charge in [0, 0.05) is 11.1 Å². The standard InChI is InChI=1S/C27H18F6N2O3/c28-26(29,30)17-5-1-3-15(13-7-9-19(34)21(36)11-13)23(17)25(38)24-16(4-2-6-18(24)27(31,32)33)14-8-10-20(35)22(37)12-14/h1-12,36-37H,34-35H2. The Morgan fingerprint density at radius 1 is 0.605 bits per heavy atom. The fourth-order valence-corrected chi connectivity index (χ4v) is 4.09. The van der Waals surface area contributed by atoms with E-state index < -0.39 is 51.9 Å². The summed E-state index contributed by atoms with van der Waals surface area (Å²) in [7, 11) is 0. The number of rotatable bonds is 4. The molecule has 0 fully saturated rings. The van der Waals surface area contributed by atoms with Crippen LogP contribution in [0.1, 0.15) is 27.0 Å². The molecule has 0 atom stereocenters. The molecule has 4 aromatic carbocycles. The fraction of sp³-hybridized carbons (Fsp3) is 0.0741. The van der Waals surface area contributed by atoms with Gasteiger partial charge in [0.15, 0.2) is 5.78 Å². The van der Waals surface area contributed by atoms with E-state index in [-0.39, 0.29) is 33.6 Å². The smallest absolute Gasteiger partial charge is 0.417 e. The van der Waals surface area contributed by atoms with Gasteiger partial charge in [-0.2, -0.15) is 26.3 Å². The lowest BCUT2D eigenvalue weighted by atomic mass is 9.84. The quantitative estimate of drug-likeness (QED) is 0.0993. The summed E-state index contributed by atoms with van der Waals surface area (Å²) in [6, 6.07) is 12.3. The zero-order chi connectivity index (χ0) is 28.0. The topological polar surface area (TPSA) is 110 Å². The first kappa shape index (κ1) is 26.4. The van der Waals surface area contributed by atoms with Crippen LogP contribution in [0.2, 0.25) is 0 Å². The van der Waals surface area contributed by atoms with Crippen LogP contribution in [0.5, 0.6) is 11.5 Å². The van der Waals surface area contributed by atoms with Crippen molar-refractivity contribution in [3.63, 3.8) is 0 Å². The van der Waals surface area contributed by atoms with Crippen molar-refractivity contribution in [2.24, 2.45) is 0 Å². The third-order valence-corrected chi connectivity index (χ3v) is 5.88. The van der Waals surface area contributed by atoms with E-state index in [1.807, 2.05) is 0 Å². The third-order valence-electron chi connectivity index (χ3n) is 5.88. The van der Waals surface area contributed by atoms with Gasteiger partial charge in [-0.05, 0) is 58.7 Å². The van der Waals surface area contributed by atoms with E-state index in [9.17, 15) is 41.4 Å². The predicted octanol–water partition coefficient (Wildman–Crippen LogP) is 6.86. The Kier molecular flexibility index (Phi) is 6.48. The minimum atomic E-state index is -5.12. The Bertz CT molecular complexity index is 1450. The van der Waals surface area contributed by atoms with E-state index in [1.165, 1.54) is 24.3 Å². The Morgan fingerprint density at radius 2 is 0.974 bits per heavy atom. The van der Waals surface area contributed by atoms with Gasteiger partial charge in [-0.15, -0.1) is 0 Å². The number of alkyl halides is 6. The Labute approximate surface area is 211 Å². The Hall–Kier alpha value is -4.67. The highest BCUT2D eigenvalue weighted by Gasteiger charge is 2.41. The van der Waals surface area contributed by atoms with Crippen LogP contribution in [0, 0.1) is 0 Å². The molecule has 0 bridgehead atoms. The van der Waals surface area contributed by atoms with E-state index in [0.717, 1.165) is 36.4 Å². The van der Waals surface area contributed by atoms with Gasteiger partial charge in [0.2, 0.25) is 0 Å². The molecule has 0 heterocycles. The molecule has 38 heavy (non-hydrogen) atoms. The molecule has 11 heteroatoms. The molecule has 196 valence electrons. The number of halogens is 6. The molecule has 0 aromatic heterocycles. The second-order valence-electron chi connectivity index (χ2n) is 8.33. The van der Waals surface area contributed by atoms with Crippen LogP contribution >= 0.6 is 0 Å². The number of carbonyl (C=O) groups is 1. The zero-order valence-corrected chi connectivity index (χ0v) is 19.2. The number of ketones is 1. The highest BCUT2D eigenvalue weighted by molar-refractivity contribution is 6.18. The number of hydrogen-bond acceptors (Lipinski definition) is 5. The van der Waals surface area contributed by atoms with Gasteiger partial charge in [0.05, 0.1) is 22.5 Å². The van der Waals surface area contributed by atoms with Crippen molar-refractivity contribution in [2.45, 2.75) is 12.4 Å². The molecule has 0 aliphatic rings. The first-order chi connectivity index (χ1) is 17.7. The minimum Gasteiger partial charge on any atom is -0.506 e. The molecule has 0 radical (unpaired) electrons. The maximum Gasteiger partial charge on any atom is 0.417 e. The summed E-state index contributed by atoms with van der Waals surface area (Å²) in [5.74, 6) is -2.55. The van der Waals surface area contributed by atoms with Crippen LogP contribution in [0.3, 0.4) is 0 Å². The summed E-state index contributed by atoms with van der Waals surface area (Å²) in [6.45, 7) is 0. The lowest BCUT2D eigenvalue weighted by molar-refractivity contribution is -0.138. The first-order valence-corrected chi connectivity index (χ1v) is 10.8. The summed E-state index contributed by atoms with van der Waals surface area (Å²) < 4.78 is 84.8. The van der Waals surface area contributed by atoms with Crippen molar-refractivity contribution in [3.8, 4) is 33.8 Å². The van der Waals surface area contributed by atoms with Crippen LogP contribution in [0.25, 0.3) is 22.3 Å². The van der Waals surface area contributed by atoms with Crippen LogP contribution in [-0.4, -0.2) is 16.0 Å². The molecule has 0 saturated carbocycles. The molecule has 4 rings (SSSR count). The molecular weight excluding hydrogens is 514 g/mol. The number of anilines is 2. The molecule has 6 N–H and O–H groups in total. The van der Waals surface area contributed by atoms with E-state index in [4.69, 9.17) is 11.5 Å². The van der Waals surface area contributed by atoms with Crippen LogP contribution in [0.15, 0.2) is 72.8 Å². The Morgan fingerprint density at radius 3 is 1.29 bits per heavy atom. The molecule has 0 unspecified atom stereocenters. The van der Waals surface area contributed by atoms with Gasteiger partial charge in [-0.1, -0.05) is 36.4 Å². The molecule has 4 aromatic rings. The van der Waals surface area contributed by atoms with Crippen molar-refractivity contribution >= 4 is 17.2 Å². The highest BCUT2D eigenvalue weighted by Crippen LogP contribution is 2.43. The number of nitrogens with two attached hydrogens (primary N) is 2. The van der Waals surface area contributed by atoms with E-state index in [2.05, 4.69) is 0 Å². The van der Waals surface area contributed by atoms with Gasteiger partial charge in [-0.25, -0.2) is 0 Å². The van der Waals surface area contributed by atoms with E-state index >= 15 is 0 Å². The van der Waals surface area contributed by atoms with Crippen LogP contribution in [-0.2, 0) is 12.4 Å². The normalized spacial score (nSPS) is 11.9. The minimum absolute atomic E-state index is 0.0812. The summed E-state index contributed by atoms with van der Waals surface area (Å²) in [5.41, 5.74) is 5.01. The SMILES string of the molecule is Nc1ccc(-c2cccc(C(F)(F)F)c2C(=O)c2c(-c3ccc(N)c(O)c3)cccc2C(F)(F)F)cc1O. The number of hydrogen-bond donors (Lipinski definition) is 4. The first-order valence-electron chi connectivity index (χ1n) is 10.8. The molecule has 0 saturated heterocycles. The number of carbonyl (C=O) groups excluding carboxylic acids is 1. The molecule has 0 aliphatic heterocycles. The molecular formula is C27H18F6N2O3. The zero-order valence-electron chi connectivity index (χ0n) is 19.2. The summed E-state index contributed by atoms with van der Waals surface area (Å²) >= 11 is 0. The van der Waals surface area contributed by atoms with Gasteiger partial charge in [-0.3, -0.25) is 4.79 Å². The second-order valence-corrected chi connectivity index (χ2v) is 8.33. The summed E-state index contributed by atoms with van der Waals surface area (Å²) in [5, 5.41) is 20.0. The summed E-state index contributed by atoms with van der Waals surface area (Å²) in [4.78, 5) is 13.9. The highest BCUT2D eigenvalue weighted by atomic mass is 19.4. The number of phenols is 2. The van der Waals surface area contributed by atoms with E-state index in [1.54, 1.807) is 0 Å². The van der Waals surface area contributed by atoms with Gasteiger partial charge in [0.1, 0.15) is 11.5 Å². The molecule has 0 aliphatic carbocycles. The van der Waals surface area contributed by atoms with E-state index in [0.29, 0.717) is 12.1 Å². The number of aromatic hydroxyl groups is 2. The fourth-order valence-electron chi connectivity index (χ4n) is 4.09. The van der Waals surface area contributed by atoms with Crippen molar-refractivity contribution in [1.82, 2.24) is 0 Å². The maximum atomic E-state index is 14.1. The number of phenolic OH excluding ortho intramolecular Hbond substituents is 2. The summed E-state index contributed by atoms with van der Waals surface area (Å²) in [6.07, 6.45) is -10.2. The van der Waals surface area contributed by atoms with Crippen LogP contribution in [0.4, 0.5) is 37.7 Å². The van der Waals surface area contributed by atoms with Crippen molar-refractivity contribution in [1.29, 1.82) is 0 Å². The van der Waals surface area contributed by atoms with Gasteiger partial charge in [0.25, 0.3) is 0 Å². The lowest BCUT2D eigenvalue weighted by Gasteiger charge is -2.21. The third kappa shape index (κ3) is 4.82. The average molecular weight is 532 g/mol. The van der Waals surface area contributed by atoms with Gasteiger partial charge < -0.3 is 21.7 Å². The number of nitrogen functional groups attached to an aromatic ring is 2. The number of benzene rings is 4. The maximum absolute atomic E-state index is 14.1. The van der Waals surface area contributed by atoms with Crippen molar-refractivity contribution < 1.29 is 41.4 Å². The average Bonchev–Trinajstić information content (AvgIpc) is 2.85. The molecule has 0 spiro atoms. The second kappa shape index (κ2) is 9.33. The Balaban J connectivity index is 2.10. The monoisotopic (exact) mass is 532 g/mol. The van der Waals surface area contributed by atoms with Gasteiger partial charge >= 0.3 is 12.4 Å². The largest absolute Gasteiger partial charge is 0.506 e. The van der Waals surface area contributed by atoms with Crippen LogP contribution < -0.4 is 11.5 Å². The predicted molar refractivity (Wildman–Crippen MR) is 129 cm³/mol. The van der Waals surface area contributed by atoms with Crippen molar-refractivity contribution in [2.75, 3.05) is 11.5 Å². The molecule has 0 amide bonds. The van der Waals surface area contributed by atoms with Crippen molar-refractivity contribution in [3.05, 3.63) is 95.1 Å².